The number of anilines is 1. The smallest absolute Gasteiger partial charge is 0.249 e. The number of benzene rings is 2. The third-order valence-corrected chi connectivity index (χ3v) is 4.61. The third-order valence-electron chi connectivity index (χ3n) is 4.61. The number of amides is 1. The second-order valence-electron chi connectivity index (χ2n) is 6.17. The van der Waals surface area contributed by atoms with E-state index in [1.54, 1.807) is 0 Å². The molecule has 0 spiro atoms. The fourth-order valence-corrected chi connectivity index (χ4v) is 2.96. The Morgan fingerprint density at radius 1 is 1.04 bits per heavy atom. The molecule has 3 rings (SSSR count). The Morgan fingerprint density at radius 3 is 2.46 bits per heavy atom. The molecule has 1 aliphatic heterocycles. The lowest BCUT2D eigenvalue weighted by Gasteiger charge is -2.31. The van der Waals surface area contributed by atoms with Gasteiger partial charge in [0.2, 0.25) is 5.91 Å². The molecular weight excluding hydrogens is 300 g/mol. The Labute approximate surface area is 143 Å². The van der Waals surface area contributed by atoms with Gasteiger partial charge >= 0.3 is 0 Å². The van der Waals surface area contributed by atoms with Crippen molar-refractivity contribution in [3.63, 3.8) is 0 Å². The van der Waals surface area contributed by atoms with Crippen LogP contribution in [0.3, 0.4) is 0 Å². The summed E-state index contributed by atoms with van der Waals surface area (Å²) in [5.74, 6) is 0.102. The van der Waals surface area contributed by atoms with E-state index in [1.165, 1.54) is 11.1 Å². The minimum atomic E-state index is -0.384. The number of aryl methyl sites for hydroxylation is 1. The van der Waals surface area contributed by atoms with E-state index in [1.807, 2.05) is 47.4 Å². The van der Waals surface area contributed by atoms with Crippen LogP contribution in [0, 0.1) is 13.8 Å². The lowest BCUT2D eigenvalue weighted by Crippen LogP contribution is -2.44. The summed E-state index contributed by atoms with van der Waals surface area (Å²) < 4.78 is 5.37. The number of carbonyl (C=O) groups excluding carboxylic acids is 1. The minimum Gasteiger partial charge on any atom is -0.378 e. The van der Waals surface area contributed by atoms with E-state index in [-0.39, 0.29) is 11.9 Å². The largest absolute Gasteiger partial charge is 0.378 e. The van der Waals surface area contributed by atoms with Gasteiger partial charge in [-0.15, -0.1) is 0 Å². The zero-order chi connectivity index (χ0) is 16.9. The van der Waals surface area contributed by atoms with Crippen LogP contribution in [0.1, 0.15) is 22.7 Å². The molecule has 1 heterocycles. The lowest BCUT2D eigenvalue weighted by atomic mass is 10.0. The fraction of sp³-hybridized carbons (Fsp3) is 0.350. The summed E-state index contributed by atoms with van der Waals surface area (Å²) in [4.78, 5) is 15.0. The average molecular weight is 324 g/mol. The van der Waals surface area contributed by atoms with Crippen LogP contribution in [0.5, 0.6) is 0 Å². The van der Waals surface area contributed by atoms with Crippen molar-refractivity contribution < 1.29 is 9.53 Å². The van der Waals surface area contributed by atoms with E-state index >= 15 is 0 Å². The molecule has 1 amide bonds. The molecule has 24 heavy (non-hydrogen) atoms. The third kappa shape index (κ3) is 3.60. The van der Waals surface area contributed by atoms with Gasteiger partial charge in [0.25, 0.3) is 0 Å². The van der Waals surface area contributed by atoms with Crippen molar-refractivity contribution in [1.29, 1.82) is 0 Å². The summed E-state index contributed by atoms with van der Waals surface area (Å²) in [5.41, 5.74) is 4.37. The Kier molecular flexibility index (Phi) is 5.16. The number of morpholine rings is 1. The molecule has 2 aromatic carbocycles. The monoisotopic (exact) mass is 324 g/mol. The molecule has 1 unspecified atom stereocenters. The number of rotatable bonds is 4. The minimum absolute atomic E-state index is 0.102. The SMILES string of the molecule is Cc1cccc(NC(C(=O)N2CCOCC2)c2ccccc2)c1C. The summed E-state index contributed by atoms with van der Waals surface area (Å²) in [5, 5.41) is 3.47. The van der Waals surface area contributed by atoms with Gasteiger partial charge < -0.3 is 15.0 Å². The number of hydrogen-bond acceptors (Lipinski definition) is 3. The number of ether oxygens (including phenoxy) is 1. The van der Waals surface area contributed by atoms with E-state index in [9.17, 15) is 4.79 Å². The summed E-state index contributed by atoms with van der Waals surface area (Å²) in [6.07, 6.45) is 0. The van der Waals surface area contributed by atoms with Gasteiger partial charge in [0.1, 0.15) is 6.04 Å². The van der Waals surface area contributed by atoms with E-state index in [0.717, 1.165) is 11.3 Å². The quantitative estimate of drug-likeness (QED) is 0.938. The first-order chi connectivity index (χ1) is 11.7. The molecule has 0 radical (unpaired) electrons. The van der Waals surface area contributed by atoms with Crippen LogP contribution in [-0.2, 0) is 9.53 Å². The molecule has 2 aromatic rings. The fourth-order valence-electron chi connectivity index (χ4n) is 2.96. The van der Waals surface area contributed by atoms with Crippen molar-refractivity contribution in [3.8, 4) is 0 Å². The van der Waals surface area contributed by atoms with E-state index in [2.05, 4.69) is 25.2 Å². The van der Waals surface area contributed by atoms with Crippen LogP contribution in [-0.4, -0.2) is 37.1 Å². The van der Waals surface area contributed by atoms with Crippen LogP contribution in [0.2, 0.25) is 0 Å². The molecule has 1 fully saturated rings. The molecule has 0 bridgehead atoms. The molecule has 4 heteroatoms. The maximum Gasteiger partial charge on any atom is 0.249 e. The standard InChI is InChI=1S/C20H24N2O2/c1-15-7-6-10-18(16(15)2)21-19(17-8-4-3-5-9-17)20(23)22-11-13-24-14-12-22/h3-10,19,21H,11-14H2,1-2H3. The molecule has 0 saturated carbocycles. The molecule has 4 nitrogen and oxygen atoms in total. The normalized spacial score (nSPS) is 15.8. The predicted molar refractivity (Wildman–Crippen MR) is 96.1 cm³/mol. The van der Waals surface area contributed by atoms with Crippen molar-refractivity contribution in [2.45, 2.75) is 19.9 Å². The maximum absolute atomic E-state index is 13.1. The second-order valence-corrected chi connectivity index (χ2v) is 6.17. The predicted octanol–water partition coefficient (Wildman–Crippen LogP) is 3.32. The summed E-state index contributed by atoms with van der Waals surface area (Å²) in [6, 6.07) is 15.7. The highest BCUT2D eigenvalue weighted by Crippen LogP contribution is 2.26. The van der Waals surface area contributed by atoms with Gasteiger partial charge in [-0.2, -0.15) is 0 Å². The Bertz CT molecular complexity index is 694. The first-order valence-electron chi connectivity index (χ1n) is 8.41. The first kappa shape index (κ1) is 16.5. The van der Waals surface area contributed by atoms with Crippen LogP contribution in [0.4, 0.5) is 5.69 Å². The molecule has 1 saturated heterocycles. The van der Waals surface area contributed by atoms with Crippen molar-refractivity contribution in [2.24, 2.45) is 0 Å². The maximum atomic E-state index is 13.1. The number of nitrogens with one attached hydrogen (secondary N) is 1. The Balaban J connectivity index is 1.90. The summed E-state index contributed by atoms with van der Waals surface area (Å²) in [6.45, 7) is 6.68. The first-order valence-corrected chi connectivity index (χ1v) is 8.41. The van der Waals surface area contributed by atoms with Gasteiger partial charge in [-0.05, 0) is 36.6 Å². The second kappa shape index (κ2) is 7.49. The van der Waals surface area contributed by atoms with Gasteiger partial charge in [0, 0.05) is 18.8 Å². The van der Waals surface area contributed by atoms with Gasteiger partial charge in [-0.25, -0.2) is 0 Å². The zero-order valence-corrected chi connectivity index (χ0v) is 14.3. The highest BCUT2D eigenvalue weighted by atomic mass is 16.5. The van der Waals surface area contributed by atoms with E-state index in [4.69, 9.17) is 4.74 Å². The van der Waals surface area contributed by atoms with Crippen LogP contribution in [0.15, 0.2) is 48.5 Å². The number of nitrogens with zero attached hydrogens (tertiary/aromatic N) is 1. The average Bonchev–Trinajstić information content (AvgIpc) is 2.64. The Morgan fingerprint density at radius 2 is 1.75 bits per heavy atom. The molecule has 126 valence electrons. The number of carbonyl (C=O) groups is 1. The van der Waals surface area contributed by atoms with Gasteiger partial charge in [0.15, 0.2) is 0 Å². The summed E-state index contributed by atoms with van der Waals surface area (Å²) in [7, 11) is 0. The molecular formula is C20H24N2O2. The van der Waals surface area contributed by atoms with E-state index in [0.29, 0.717) is 26.3 Å². The van der Waals surface area contributed by atoms with Gasteiger partial charge in [0.05, 0.1) is 13.2 Å². The Hall–Kier alpha value is -2.33. The van der Waals surface area contributed by atoms with Crippen LogP contribution < -0.4 is 5.32 Å². The number of hydrogen-bond donors (Lipinski definition) is 1. The topological polar surface area (TPSA) is 41.6 Å². The van der Waals surface area contributed by atoms with Crippen molar-refractivity contribution >= 4 is 11.6 Å². The van der Waals surface area contributed by atoms with Crippen molar-refractivity contribution in [3.05, 3.63) is 65.2 Å². The van der Waals surface area contributed by atoms with Crippen molar-refractivity contribution in [1.82, 2.24) is 4.90 Å². The molecule has 0 aromatic heterocycles. The molecule has 1 N–H and O–H groups in total. The highest BCUT2D eigenvalue weighted by Gasteiger charge is 2.27. The van der Waals surface area contributed by atoms with Crippen LogP contribution >= 0.6 is 0 Å². The zero-order valence-electron chi connectivity index (χ0n) is 14.3. The van der Waals surface area contributed by atoms with Gasteiger partial charge in [-0.3, -0.25) is 4.79 Å². The molecule has 1 atom stereocenters. The van der Waals surface area contributed by atoms with Crippen LogP contribution in [0.25, 0.3) is 0 Å². The van der Waals surface area contributed by atoms with Crippen molar-refractivity contribution in [2.75, 3.05) is 31.6 Å². The highest BCUT2D eigenvalue weighted by molar-refractivity contribution is 5.86. The lowest BCUT2D eigenvalue weighted by molar-refractivity contribution is -0.136. The molecule has 0 aliphatic carbocycles. The van der Waals surface area contributed by atoms with Gasteiger partial charge in [-0.1, -0.05) is 42.5 Å². The molecule has 1 aliphatic rings. The van der Waals surface area contributed by atoms with E-state index < -0.39 is 0 Å². The summed E-state index contributed by atoms with van der Waals surface area (Å²) >= 11 is 0.